The van der Waals surface area contributed by atoms with Gasteiger partial charge in [0.2, 0.25) is 0 Å². The molecule has 1 heterocycles. The van der Waals surface area contributed by atoms with Gasteiger partial charge in [0.1, 0.15) is 4.21 Å². The fraction of sp³-hybridized carbons (Fsp3) is 0.0909. The molecule has 1 aromatic carbocycles. The third kappa shape index (κ3) is 3.43. The first-order chi connectivity index (χ1) is 9.20. The Morgan fingerprint density at radius 2 is 1.75 bits per heavy atom. The predicted molar refractivity (Wildman–Crippen MR) is 89.0 cm³/mol. The maximum absolute atomic E-state index is 12.2. The van der Waals surface area contributed by atoms with E-state index in [-0.39, 0.29) is 14.9 Å². The molecule has 0 atom stereocenters. The standard InChI is InChI=1S/C11H7BrCl3NO2S2/c1-5-2-7(14)9(3-6(5)13)16-20(17,18)10-4-8(15)11(12)19-10/h2-4,16H,1H3. The molecule has 0 bridgehead atoms. The van der Waals surface area contributed by atoms with Crippen molar-refractivity contribution >= 4 is 77.8 Å². The Balaban J connectivity index is 2.40. The van der Waals surface area contributed by atoms with E-state index in [0.29, 0.717) is 13.8 Å². The summed E-state index contributed by atoms with van der Waals surface area (Å²) >= 11 is 22.0. The van der Waals surface area contributed by atoms with Crippen molar-refractivity contribution in [1.29, 1.82) is 0 Å². The second-order valence-corrected chi connectivity index (χ2v) is 9.37. The Morgan fingerprint density at radius 3 is 2.30 bits per heavy atom. The van der Waals surface area contributed by atoms with Gasteiger partial charge in [-0.2, -0.15) is 0 Å². The fourth-order valence-corrected chi connectivity index (χ4v) is 5.33. The van der Waals surface area contributed by atoms with E-state index in [1.165, 1.54) is 12.1 Å². The molecule has 0 saturated carbocycles. The summed E-state index contributed by atoms with van der Waals surface area (Å²) in [6, 6.07) is 4.43. The van der Waals surface area contributed by atoms with Crippen molar-refractivity contribution in [3.63, 3.8) is 0 Å². The van der Waals surface area contributed by atoms with Crippen LogP contribution < -0.4 is 4.72 Å². The largest absolute Gasteiger partial charge is 0.277 e. The van der Waals surface area contributed by atoms with Gasteiger partial charge in [0, 0.05) is 5.02 Å². The number of hydrogen-bond acceptors (Lipinski definition) is 3. The molecule has 0 amide bonds. The van der Waals surface area contributed by atoms with Crippen LogP contribution in [-0.4, -0.2) is 8.42 Å². The van der Waals surface area contributed by atoms with Crippen LogP contribution in [0.4, 0.5) is 5.69 Å². The third-order valence-corrected chi connectivity index (χ3v) is 7.41. The summed E-state index contributed by atoms with van der Waals surface area (Å²) < 4.78 is 27.5. The molecule has 0 radical (unpaired) electrons. The normalized spacial score (nSPS) is 11.7. The third-order valence-electron chi connectivity index (χ3n) is 2.38. The monoisotopic (exact) mass is 433 g/mol. The summed E-state index contributed by atoms with van der Waals surface area (Å²) in [6.45, 7) is 1.78. The number of anilines is 1. The molecule has 0 unspecified atom stereocenters. The zero-order chi connectivity index (χ0) is 15.1. The maximum atomic E-state index is 12.2. The van der Waals surface area contributed by atoms with Crippen LogP contribution in [-0.2, 0) is 10.0 Å². The highest BCUT2D eigenvalue weighted by atomic mass is 79.9. The number of sulfonamides is 1. The van der Waals surface area contributed by atoms with Crippen LogP contribution in [0.2, 0.25) is 15.1 Å². The quantitative estimate of drug-likeness (QED) is 0.684. The minimum atomic E-state index is -3.76. The zero-order valence-corrected chi connectivity index (χ0v) is 15.4. The fourth-order valence-electron chi connectivity index (χ4n) is 1.38. The minimum absolute atomic E-state index is 0.0853. The molecule has 0 saturated heterocycles. The number of nitrogens with one attached hydrogen (secondary N) is 1. The topological polar surface area (TPSA) is 46.2 Å². The molecule has 20 heavy (non-hydrogen) atoms. The van der Waals surface area contributed by atoms with Crippen LogP contribution in [0.15, 0.2) is 26.2 Å². The molecular formula is C11H7BrCl3NO2S2. The van der Waals surface area contributed by atoms with Crippen molar-refractivity contribution in [3.8, 4) is 0 Å². The van der Waals surface area contributed by atoms with Gasteiger partial charge in [-0.05, 0) is 46.6 Å². The lowest BCUT2D eigenvalue weighted by Gasteiger charge is -2.10. The number of halogens is 4. The Bertz CT molecular complexity index is 755. The highest BCUT2D eigenvalue weighted by Gasteiger charge is 2.20. The number of thiophene rings is 1. The summed E-state index contributed by atoms with van der Waals surface area (Å²) in [5.41, 5.74) is 0.990. The summed E-state index contributed by atoms with van der Waals surface area (Å²) in [6.07, 6.45) is 0. The molecule has 3 nitrogen and oxygen atoms in total. The number of rotatable bonds is 3. The van der Waals surface area contributed by atoms with Crippen LogP contribution in [0.1, 0.15) is 5.56 Å². The Labute approximate surface area is 144 Å². The van der Waals surface area contributed by atoms with Gasteiger partial charge in [-0.3, -0.25) is 4.72 Å². The van der Waals surface area contributed by atoms with Gasteiger partial charge in [-0.15, -0.1) is 11.3 Å². The summed E-state index contributed by atoms with van der Waals surface area (Å²) in [5, 5.41) is 1.04. The molecule has 2 rings (SSSR count). The average molecular weight is 436 g/mol. The molecule has 0 aliphatic rings. The van der Waals surface area contributed by atoms with Gasteiger partial charge >= 0.3 is 0 Å². The lowest BCUT2D eigenvalue weighted by atomic mass is 10.2. The average Bonchev–Trinajstić information content (AvgIpc) is 2.67. The Kier molecular flexibility index (Phi) is 4.94. The molecule has 1 aromatic heterocycles. The van der Waals surface area contributed by atoms with E-state index in [9.17, 15) is 8.42 Å². The van der Waals surface area contributed by atoms with Gasteiger partial charge < -0.3 is 0 Å². The first-order valence-corrected chi connectivity index (χ1v) is 9.36. The van der Waals surface area contributed by atoms with Gasteiger partial charge in [-0.25, -0.2) is 8.42 Å². The highest BCUT2D eigenvalue weighted by molar-refractivity contribution is 9.11. The van der Waals surface area contributed by atoms with E-state index in [2.05, 4.69) is 20.7 Å². The van der Waals surface area contributed by atoms with E-state index >= 15 is 0 Å². The van der Waals surface area contributed by atoms with Crippen molar-refractivity contribution in [2.75, 3.05) is 4.72 Å². The Morgan fingerprint density at radius 1 is 1.10 bits per heavy atom. The van der Waals surface area contributed by atoms with E-state index in [4.69, 9.17) is 34.8 Å². The highest BCUT2D eigenvalue weighted by Crippen LogP contribution is 2.36. The molecule has 0 aliphatic carbocycles. The molecule has 1 N–H and O–H groups in total. The van der Waals surface area contributed by atoms with E-state index in [0.717, 1.165) is 16.9 Å². The van der Waals surface area contributed by atoms with Crippen molar-refractivity contribution in [3.05, 3.63) is 42.6 Å². The van der Waals surface area contributed by atoms with Crippen LogP contribution in [0, 0.1) is 6.92 Å². The molecular weight excluding hydrogens is 429 g/mol. The Hall–Kier alpha value is 0.0200. The van der Waals surface area contributed by atoms with Crippen LogP contribution >= 0.6 is 62.1 Å². The SMILES string of the molecule is Cc1cc(Cl)c(NS(=O)(=O)c2cc(Cl)c(Br)s2)cc1Cl. The molecule has 2 aromatic rings. The second-order valence-electron chi connectivity index (χ2n) is 3.87. The molecule has 0 fully saturated rings. The summed E-state index contributed by atoms with van der Waals surface area (Å²) in [7, 11) is -3.76. The molecule has 0 spiro atoms. The van der Waals surface area contributed by atoms with Gasteiger partial charge in [0.05, 0.1) is 19.5 Å². The minimum Gasteiger partial charge on any atom is -0.277 e. The van der Waals surface area contributed by atoms with Gasteiger partial charge in [-0.1, -0.05) is 34.8 Å². The summed E-state index contributed by atoms with van der Waals surface area (Å²) in [4.78, 5) is 0. The lowest BCUT2D eigenvalue weighted by Crippen LogP contribution is -2.11. The van der Waals surface area contributed by atoms with E-state index in [1.54, 1.807) is 13.0 Å². The summed E-state index contributed by atoms with van der Waals surface area (Å²) in [5.74, 6) is 0. The second kappa shape index (κ2) is 6.02. The molecule has 0 aliphatic heterocycles. The molecule has 9 heteroatoms. The predicted octanol–water partition coefficient (Wildman–Crippen LogP) is 5.58. The number of benzene rings is 1. The van der Waals surface area contributed by atoms with Crippen molar-refractivity contribution in [2.45, 2.75) is 11.1 Å². The lowest BCUT2D eigenvalue weighted by molar-refractivity contribution is 0.603. The number of hydrogen-bond donors (Lipinski definition) is 1. The number of aryl methyl sites for hydroxylation is 1. The van der Waals surface area contributed by atoms with E-state index in [1.807, 2.05) is 0 Å². The maximum Gasteiger partial charge on any atom is 0.271 e. The van der Waals surface area contributed by atoms with E-state index < -0.39 is 10.0 Å². The van der Waals surface area contributed by atoms with Gasteiger partial charge in [0.25, 0.3) is 10.0 Å². The van der Waals surface area contributed by atoms with Crippen molar-refractivity contribution < 1.29 is 8.42 Å². The van der Waals surface area contributed by atoms with Gasteiger partial charge in [0.15, 0.2) is 0 Å². The van der Waals surface area contributed by atoms with Crippen molar-refractivity contribution in [1.82, 2.24) is 0 Å². The smallest absolute Gasteiger partial charge is 0.271 e. The molecule has 108 valence electrons. The van der Waals surface area contributed by atoms with Crippen LogP contribution in [0.25, 0.3) is 0 Å². The van der Waals surface area contributed by atoms with Crippen LogP contribution in [0.5, 0.6) is 0 Å². The first kappa shape index (κ1) is 16.4. The first-order valence-electron chi connectivity index (χ1n) is 5.14. The van der Waals surface area contributed by atoms with Crippen LogP contribution in [0.3, 0.4) is 0 Å². The zero-order valence-electron chi connectivity index (χ0n) is 9.88. The van der Waals surface area contributed by atoms with Crippen molar-refractivity contribution in [2.24, 2.45) is 0 Å².